The lowest BCUT2D eigenvalue weighted by Crippen LogP contribution is -2.23. The number of nitriles is 1. The Morgan fingerprint density at radius 2 is 2.00 bits per heavy atom. The van der Waals surface area contributed by atoms with E-state index in [0.717, 1.165) is 17.8 Å². The van der Waals surface area contributed by atoms with Gasteiger partial charge in [0.05, 0.1) is 11.6 Å². The van der Waals surface area contributed by atoms with Gasteiger partial charge in [-0.05, 0) is 42.4 Å². The monoisotopic (exact) mass is 283 g/mol. The number of nitrogens with zero attached hydrogens (tertiary/aromatic N) is 2. The Hall–Kier alpha value is -2.38. The zero-order valence-corrected chi connectivity index (χ0v) is 12.0. The Balaban J connectivity index is 2.14. The van der Waals surface area contributed by atoms with Crippen molar-refractivity contribution in [1.29, 1.82) is 5.26 Å². The van der Waals surface area contributed by atoms with Crippen molar-refractivity contribution in [3.63, 3.8) is 0 Å². The second kappa shape index (κ2) is 6.87. The first-order valence-electron chi connectivity index (χ1n) is 6.87. The van der Waals surface area contributed by atoms with Gasteiger partial charge in [-0.15, -0.1) is 0 Å². The number of rotatable bonds is 5. The lowest BCUT2D eigenvalue weighted by Gasteiger charge is -2.21. The summed E-state index contributed by atoms with van der Waals surface area (Å²) in [6.45, 7) is 3.97. The van der Waals surface area contributed by atoms with E-state index in [0.29, 0.717) is 24.2 Å². The highest BCUT2D eigenvalue weighted by molar-refractivity contribution is 5.40. The minimum atomic E-state index is -0.278. The summed E-state index contributed by atoms with van der Waals surface area (Å²) in [6, 6.07) is 14.2. The summed E-state index contributed by atoms with van der Waals surface area (Å²) in [7, 11) is 0. The summed E-state index contributed by atoms with van der Waals surface area (Å²) in [5.74, 6) is -0.278. The van der Waals surface area contributed by atoms with Crippen molar-refractivity contribution in [1.82, 2.24) is 4.90 Å². The summed E-state index contributed by atoms with van der Waals surface area (Å²) in [5, 5.41) is 8.91. The Morgan fingerprint density at radius 3 is 2.67 bits per heavy atom. The minimum absolute atomic E-state index is 0.278. The molecule has 2 aromatic carbocycles. The average Bonchev–Trinajstić information content (AvgIpc) is 2.48. The zero-order chi connectivity index (χ0) is 15.2. The average molecular weight is 283 g/mol. The van der Waals surface area contributed by atoms with E-state index >= 15 is 0 Å². The zero-order valence-electron chi connectivity index (χ0n) is 12.0. The van der Waals surface area contributed by atoms with E-state index in [2.05, 4.69) is 4.90 Å². The summed E-state index contributed by atoms with van der Waals surface area (Å²) >= 11 is 0. The van der Waals surface area contributed by atoms with E-state index in [4.69, 9.17) is 11.0 Å². The number of anilines is 1. The molecule has 0 heterocycles. The molecule has 0 unspecified atom stereocenters. The Bertz CT molecular complexity index is 661. The van der Waals surface area contributed by atoms with E-state index in [1.165, 1.54) is 12.1 Å². The van der Waals surface area contributed by atoms with Gasteiger partial charge in [0, 0.05) is 24.3 Å². The highest BCUT2D eigenvalue weighted by atomic mass is 19.1. The van der Waals surface area contributed by atoms with Gasteiger partial charge in [-0.25, -0.2) is 4.39 Å². The maximum absolute atomic E-state index is 13.8. The third-order valence-corrected chi connectivity index (χ3v) is 3.37. The normalized spacial score (nSPS) is 10.6. The van der Waals surface area contributed by atoms with Gasteiger partial charge in [-0.1, -0.05) is 19.1 Å². The highest BCUT2D eigenvalue weighted by Crippen LogP contribution is 2.16. The topological polar surface area (TPSA) is 53.0 Å². The van der Waals surface area contributed by atoms with Crippen LogP contribution in [0.2, 0.25) is 0 Å². The molecule has 0 aromatic heterocycles. The molecule has 0 saturated carbocycles. The van der Waals surface area contributed by atoms with Gasteiger partial charge in [-0.3, -0.25) is 4.90 Å². The first-order valence-corrected chi connectivity index (χ1v) is 6.87. The van der Waals surface area contributed by atoms with Gasteiger partial charge in [0.15, 0.2) is 0 Å². The molecule has 0 radical (unpaired) electrons. The van der Waals surface area contributed by atoms with Crippen LogP contribution in [-0.4, -0.2) is 11.4 Å². The van der Waals surface area contributed by atoms with E-state index in [1.54, 1.807) is 6.07 Å². The Morgan fingerprint density at radius 1 is 1.19 bits per heavy atom. The molecular weight excluding hydrogens is 265 g/mol. The van der Waals surface area contributed by atoms with Crippen LogP contribution in [0, 0.1) is 17.1 Å². The molecule has 0 spiro atoms. The smallest absolute Gasteiger partial charge is 0.127 e. The van der Waals surface area contributed by atoms with Crippen LogP contribution in [0.15, 0.2) is 42.5 Å². The van der Waals surface area contributed by atoms with Crippen LogP contribution in [0.3, 0.4) is 0 Å². The Labute approximate surface area is 124 Å². The van der Waals surface area contributed by atoms with Crippen molar-refractivity contribution in [2.45, 2.75) is 20.0 Å². The summed E-state index contributed by atoms with van der Waals surface area (Å²) in [5.41, 5.74) is 8.61. The molecule has 0 saturated heterocycles. The van der Waals surface area contributed by atoms with E-state index in [1.807, 2.05) is 37.3 Å². The van der Waals surface area contributed by atoms with Crippen LogP contribution in [-0.2, 0) is 13.1 Å². The number of nitrogen functional groups attached to an aromatic ring is 1. The molecular formula is C17H18FN3. The third-order valence-electron chi connectivity index (χ3n) is 3.37. The fourth-order valence-corrected chi connectivity index (χ4v) is 2.24. The summed E-state index contributed by atoms with van der Waals surface area (Å²) in [4.78, 5) is 2.11. The molecule has 0 aliphatic rings. The largest absolute Gasteiger partial charge is 0.399 e. The molecule has 0 aliphatic carbocycles. The third kappa shape index (κ3) is 4.04. The van der Waals surface area contributed by atoms with Crippen LogP contribution < -0.4 is 5.73 Å². The molecule has 2 rings (SSSR count). The first kappa shape index (κ1) is 15.0. The molecule has 0 amide bonds. The van der Waals surface area contributed by atoms with E-state index in [-0.39, 0.29) is 5.82 Å². The van der Waals surface area contributed by atoms with Gasteiger partial charge in [-0.2, -0.15) is 5.26 Å². The fraction of sp³-hybridized carbons (Fsp3) is 0.235. The predicted molar refractivity (Wildman–Crippen MR) is 81.8 cm³/mol. The predicted octanol–water partition coefficient (Wildman–Crippen LogP) is 3.30. The molecule has 21 heavy (non-hydrogen) atoms. The van der Waals surface area contributed by atoms with Crippen LogP contribution in [0.1, 0.15) is 23.6 Å². The van der Waals surface area contributed by atoms with Crippen molar-refractivity contribution in [2.75, 3.05) is 12.3 Å². The molecule has 2 N–H and O–H groups in total. The van der Waals surface area contributed by atoms with Crippen LogP contribution in [0.4, 0.5) is 10.1 Å². The van der Waals surface area contributed by atoms with E-state index in [9.17, 15) is 4.39 Å². The van der Waals surface area contributed by atoms with Crippen LogP contribution in [0.5, 0.6) is 0 Å². The molecule has 0 aliphatic heterocycles. The second-order valence-corrected chi connectivity index (χ2v) is 4.97. The molecule has 108 valence electrons. The van der Waals surface area contributed by atoms with Gasteiger partial charge in [0.1, 0.15) is 5.82 Å². The number of halogens is 1. The van der Waals surface area contributed by atoms with Crippen molar-refractivity contribution < 1.29 is 4.39 Å². The van der Waals surface area contributed by atoms with Gasteiger partial charge >= 0.3 is 0 Å². The summed E-state index contributed by atoms with van der Waals surface area (Å²) < 4.78 is 13.8. The molecule has 3 nitrogen and oxygen atoms in total. The van der Waals surface area contributed by atoms with Crippen LogP contribution in [0.25, 0.3) is 0 Å². The number of hydrogen-bond donors (Lipinski definition) is 1. The van der Waals surface area contributed by atoms with Crippen molar-refractivity contribution in [3.8, 4) is 6.07 Å². The number of nitrogens with two attached hydrogens (primary N) is 1. The second-order valence-electron chi connectivity index (χ2n) is 4.97. The summed E-state index contributed by atoms with van der Waals surface area (Å²) in [6.07, 6.45) is 0. The van der Waals surface area contributed by atoms with Gasteiger partial charge in [0.2, 0.25) is 0 Å². The molecule has 2 aromatic rings. The Kier molecular flexibility index (Phi) is 4.91. The molecule has 0 bridgehead atoms. The van der Waals surface area contributed by atoms with Crippen molar-refractivity contribution in [3.05, 3.63) is 65.0 Å². The lowest BCUT2D eigenvalue weighted by molar-refractivity contribution is 0.267. The first-order chi connectivity index (χ1) is 10.1. The SMILES string of the molecule is CCN(Cc1cccc(N)c1)Cc1cc(C#N)ccc1F. The van der Waals surface area contributed by atoms with Crippen LogP contribution >= 0.6 is 0 Å². The van der Waals surface area contributed by atoms with Crippen molar-refractivity contribution >= 4 is 5.69 Å². The number of hydrogen-bond acceptors (Lipinski definition) is 3. The standard InChI is InChI=1S/C17H18FN3/c1-2-21(11-14-4-3-5-16(20)9-14)12-15-8-13(10-19)6-7-17(15)18/h3-9H,2,11-12,20H2,1H3. The highest BCUT2D eigenvalue weighted by Gasteiger charge is 2.10. The maximum Gasteiger partial charge on any atom is 0.127 e. The maximum atomic E-state index is 13.8. The molecule has 4 heteroatoms. The van der Waals surface area contributed by atoms with Gasteiger partial charge < -0.3 is 5.73 Å². The van der Waals surface area contributed by atoms with E-state index < -0.39 is 0 Å². The minimum Gasteiger partial charge on any atom is -0.399 e. The molecule has 0 atom stereocenters. The lowest BCUT2D eigenvalue weighted by atomic mass is 10.1. The quantitative estimate of drug-likeness (QED) is 0.857. The molecule has 0 fully saturated rings. The fourth-order valence-electron chi connectivity index (χ4n) is 2.24. The number of benzene rings is 2. The van der Waals surface area contributed by atoms with Crippen molar-refractivity contribution in [2.24, 2.45) is 0 Å². The van der Waals surface area contributed by atoms with Gasteiger partial charge in [0.25, 0.3) is 0 Å².